The monoisotopic (exact) mass is 776 g/mol. The van der Waals surface area contributed by atoms with Crippen molar-refractivity contribution in [1.82, 2.24) is 0 Å². The number of esters is 1. The van der Waals surface area contributed by atoms with E-state index in [1.54, 1.807) is 32.9 Å². The van der Waals surface area contributed by atoms with Crippen LogP contribution in [-0.4, -0.2) is 17.7 Å². The zero-order valence-corrected chi connectivity index (χ0v) is 25.5. The molecule has 0 aromatic heterocycles. The number of phenolic OH excluding ortho intramolecular Hbond substituents is 1. The summed E-state index contributed by atoms with van der Waals surface area (Å²) in [4.78, 5) is 25.9. The lowest BCUT2D eigenvalue weighted by molar-refractivity contribution is 0.0527. The molecule has 2 aliphatic rings. The summed E-state index contributed by atoms with van der Waals surface area (Å²) in [6, 6.07) is 3.35. The summed E-state index contributed by atoms with van der Waals surface area (Å²) in [6.45, 7) is 5.07. The molecular formula is C24H14Cl4I2O5. The number of carbonyl (C=O) groups excluding carboxylic acids is 1. The maximum Gasteiger partial charge on any atom is 0.340 e. The molecule has 0 atom stereocenters. The number of carbonyl (C=O) groups is 1. The van der Waals surface area contributed by atoms with Crippen LogP contribution in [0.4, 0.5) is 0 Å². The summed E-state index contributed by atoms with van der Waals surface area (Å²) in [5, 5.41) is 10.9. The first kappa shape index (κ1) is 27.1. The highest BCUT2D eigenvalue weighted by Gasteiger charge is 2.32. The topological polar surface area (TPSA) is 76.7 Å². The minimum atomic E-state index is -0.743. The van der Waals surface area contributed by atoms with Crippen LogP contribution in [0.5, 0.6) is 5.75 Å². The van der Waals surface area contributed by atoms with Crippen molar-refractivity contribution >= 4 is 109 Å². The zero-order chi connectivity index (χ0) is 25.9. The van der Waals surface area contributed by atoms with Crippen molar-refractivity contribution in [2.24, 2.45) is 0 Å². The number of ether oxygens (including phenoxy) is 1. The Hall–Kier alpha value is -0.980. The van der Waals surface area contributed by atoms with Gasteiger partial charge in [-0.15, -0.1) is 0 Å². The van der Waals surface area contributed by atoms with E-state index in [0.29, 0.717) is 40.4 Å². The Kier molecular flexibility index (Phi) is 7.78. The summed E-state index contributed by atoms with van der Waals surface area (Å²) in [7, 11) is 0. The van der Waals surface area contributed by atoms with E-state index >= 15 is 0 Å². The molecule has 5 nitrogen and oxygen atoms in total. The number of benzene rings is 3. The molecule has 1 aliphatic heterocycles. The molecule has 0 fully saturated rings. The molecule has 11 heteroatoms. The predicted octanol–water partition coefficient (Wildman–Crippen LogP) is 8.89. The molecule has 35 heavy (non-hydrogen) atoms. The van der Waals surface area contributed by atoms with E-state index in [-0.39, 0.29) is 54.8 Å². The number of phenols is 1. The number of aromatic hydroxyl groups is 1. The van der Waals surface area contributed by atoms with Gasteiger partial charge in [-0.1, -0.05) is 46.4 Å². The van der Waals surface area contributed by atoms with Crippen molar-refractivity contribution in [3.05, 3.63) is 66.3 Å². The van der Waals surface area contributed by atoms with Crippen LogP contribution >= 0.6 is 91.6 Å². The van der Waals surface area contributed by atoms with Crippen molar-refractivity contribution in [3.8, 4) is 28.2 Å². The molecule has 4 rings (SSSR count). The molecule has 182 valence electrons. The minimum Gasteiger partial charge on any atom is -0.506 e. The second-order valence-corrected chi connectivity index (χ2v) is 11.4. The average Bonchev–Trinajstić information content (AvgIpc) is 2.82. The molecule has 0 saturated heterocycles. The van der Waals surface area contributed by atoms with Gasteiger partial charge in [0.25, 0.3) is 0 Å². The summed E-state index contributed by atoms with van der Waals surface area (Å²) in [5.41, 5.74) is 1.96. The minimum absolute atomic E-state index is 0.0162. The van der Waals surface area contributed by atoms with E-state index in [9.17, 15) is 14.7 Å². The standard InChI is InChI=1S/C24H14Cl4I2O5/c1-4-34-24(33)15-14(16(25)18(27)19(28)17(15)26)13-9-5-11(29)20(31)7(2)22(9)35-23-8(3)21(32)12(30)6-10(13)23/h5-6,31H,4H2,1-3H3. The Morgan fingerprint density at radius 3 is 2.23 bits per heavy atom. The Labute approximate surface area is 247 Å². The van der Waals surface area contributed by atoms with Crippen molar-refractivity contribution in [3.63, 3.8) is 0 Å². The second kappa shape index (κ2) is 10.1. The van der Waals surface area contributed by atoms with Gasteiger partial charge in [-0.2, -0.15) is 0 Å². The molecule has 0 radical (unpaired) electrons. The number of aryl methyl sites for hydroxylation is 1. The Balaban J connectivity index is 2.39. The Morgan fingerprint density at radius 1 is 0.971 bits per heavy atom. The first-order valence-corrected chi connectivity index (χ1v) is 13.7. The largest absolute Gasteiger partial charge is 0.506 e. The molecule has 1 N–H and O–H groups in total. The molecule has 0 saturated carbocycles. The lowest BCUT2D eigenvalue weighted by Crippen LogP contribution is -2.13. The first-order chi connectivity index (χ1) is 16.4. The van der Waals surface area contributed by atoms with Crippen molar-refractivity contribution in [2.45, 2.75) is 20.8 Å². The van der Waals surface area contributed by atoms with Gasteiger partial charge in [0.2, 0.25) is 0 Å². The predicted molar refractivity (Wildman–Crippen MR) is 157 cm³/mol. The normalized spacial score (nSPS) is 11.5. The molecule has 1 heterocycles. The van der Waals surface area contributed by atoms with Crippen LogP contribution in [0.25, 0.3) is 33.4 Å². The fourth-order valence-corrected chi connectivity index (χ4v) is 6.36. The van der Waals surface area contributed by atoms with Gasteiger partial charge >= 0.3 is 5.97 Å². The van der Waals surface area contributed by atoms with E-state index in [2.05, 4.69) is 0 Å². The molecule has 2 aromatic carbocycles. The maximum absolute atomic E-state index is 13.1. The molecule has 0 spiro atoms. The van der Waals surface area contributed by atoms with Crippen LogP contribution in [0.15, 0.2) is 21.3 Å². The second-order valence-electron chi connectivity index (χ2n) is 7.60. The van der Waals surface area contributed by atoms with E-state index in [4.69, 9.17) is 55.6 Å². The summed E-state index contributed by atoms with van der Waals surface area (Å²) >= 11 is 30.0. The van der Waals surface area contributed by atoms with Crippen LogP contribution in [-0.2, 0) is 4.74 Å². The highest BCUT2D eigenvalue weighted by molar-refractivity contribution is 14.1. The van der Waals surface area contributed by atoms with Gasteiger partial charge in [0.15, 0.2) is 5.43 Å². The summed E-state index contributed by atoms with van der Waals surface area (Å²) in [5.74, 6) is -0.441. The third kappa shape index (κ3) is 4.29. The van der Waals surface area contributed by atoms with Gasteiger partial charge in [-0.3, -0.25) is 4.79 Å². The molecule has 1 aliphatic carbocycles. The van der Waals surface area contributed by atoms with Gasteiger partial charge in [0, 0.05) is 33.2 Å². The quantitative estimate of drug-likeness (QED) is 0.0740. The van der Waals surface area contributed by atoms with Crippen LogP contribution in [0.2, 0.25) is 20.1 Å². The van der Waals surface area contributed by atoms with Gasteiger partial charge in [-0.25, -0.2) is 4.79 Å². The number of fused-ring (bicyclic) bond motifs is 2. The third-order valence-electron chi connectivity index (χ3n) is 5.59. The van der Waals surface area contributed by atoms with Gasteiger partial charge in [-0.05, 0) is 78.1 Å². The lowest BCUT2D eigenvalue weighted by Gasteiger charge is -2.22. The van der Waals surface area contributed by atoms with Crippen LogP contribution in [0.3, 0.4) is 0 Å². The highest BCUT2D eigenvalue weighted by Crippen LogP contribution is 2.52. The number of hydrogen-bond acceptors (Lipinski definition) is 5. The fourth-order valence-electron chi connectivity index (χ4n) is 3.90. The van der Waals surface area contributed by atoms with E-state index in [1.807, 2.05) is 45.2 Å². The van der Waals surface area contributed by atoms with Crippen LogP contribution in [0, 0.1) is 21.0 Å². The van der Waals surface area contributed by atoms with E-state index < -0.39 is 5.97 Å². The van der Waals surface area contributed by atoms with Gasteiger partial charge in [0.1, 0.15) is 17.1 Å². The van der Waals surface area contributed by atoms with E-state index in [0.717, 1.165) is 0 Å². The highest BCUT2D eigenvalue weighted by atomic mass is 127. The summed E-state index contributed by atoms with van der Waals surface area (Å²) < 4.78 is 12.4. The number of hydrogen-bond donors (Lipinski definition) is 1. The molecule has 0 amide bonds. The van der Waals surface area contributed by atoms with Crippen LogP contribution < -0.4 is 5.43 Å². The Bertz CT molecular complexity index is 1600. The Morgan fingerprint density at radius 2 is 1.60 bits per heavy atom. The zero-order valence-electron chi connectivity index (χ0n) is 18.2. The van der Waals surface area contributed by atoms with Gasteiger partial charge in [0.05, 0.1) is 39.4 Å². The molecule has 2 aromatic rings. The van der Waals surface area contributed by atoms with Gasteiger partial charge < -0.3 is 14.3 Å². The number of halogens is 6. The number of rotatable bonds is 3. The maximum atomic E-state index is 13.1. The average molecular weight is 778 g/mol. The lowest BCUT2D eigenvalue weighted by atomic mass is 9.88. The molecular weight excluding hydrogens is 764 g/mol. The molecule has 0 unspecified atom stereocenters. The fraction of sp³-hybridized carbons (Fsp3) is 0.167. The van der Waals surface area contributed by atoms with E-state index in [1.165, 1.54) is 0 Å². The van der Waals surface area contributed by atoms with Crippen LogP contribution in [0.1, 0.15) is 28.4 Å². The SMILES string of the molecule is CCOC(=O)c1c(Cl)c(Cl)c(Cl)c(Cl)c1-c1c2cc(I)c(=O)c(C)c-2oc2c(C)c(O)c(I)cc12. The van der Waals surface area contributed by atoms with Crippen molar-refractivity contribution in [2.75, 3.05) is 6.61 Å². The van der Waals surface area contributed by atoms with Crippen molar-refractivity contribution < 1.29 is 19.1 Å². The smallest absolute Gasteiger partial charge is 0.340 e. The third-order valence-corrected chi connectivity index (χ3v) is 9.02. The molecule has 0 bridgehead atoms. The first-order valence-electron chi connectivity index (χ1n) is 10.0. The summed E-state index contributed by atoms with van der Waals surface area (Å²) in [6.07, 6.45) is 0. The van der Waals surface area contributed by atoms with Crippen molar-refractivity contribution in [1.29, 1.82) is 0 Å².